The molecule has 138 valence electrons. The number of benzene rings is 1. The molecule has 0 radical (unpaired) electrons. The van der Waals surface area contributed by atoms with Crippen molar-refractivity contribution in [1.82, 2.24) is 5.32 Å². The van der Waals surface area contributed by atoms with Crippen molar-refractivity contribution in [2.24, 2.45) is 0 Å². The Labute approximate surface area is 153 Å². The van der Waals surface area contributed by atoms with E-state index in [1.807, 2.05) is 0 Å². The Balaban J connectivity index is 0.00000288. The Morgan fingerprint density at radius 3 is 2.42 bits per heavy atom. The lowest BCUT2D eigenvalue weighted by Crippen LogP contribution is -2.35. The molecule has 0 unspecified atom stereocenters. The van der Waals surface area contributed by atoms with Crippen molar-refractivity contribution in [1.29, 1.82) is 0 Å². The average molecular weight is 356 g/mol. The highest BCUT2D eigenvalue weighted by molar-refractivity contribution is 5.85. The molecular formula is C20H34ClNO2. The molecule has 2 atom stereocenters. The van der Waals surface area contributed by atoms with Gasteiger partial charge in [-0.2, -0.15) is 0 Å². The number of unbranched alkanes of at least 4 members (excludes halogenated alkanes) is 5. The van der Waals surface area contributed by atoms with Gasteiger partial charge in [-0.05, 0) is 36.9 Å². The van der Waals surface area contributed by atoms with Crippen molar-refractivity contribution in [2.75, 3.05) is 13.2 Å². The second kappa shape index (κ2) is 12.7. The number of hydrogen-bond acceptors (Lipinski definition) is 3. The van der Waals surface area contributed by atoms with Gasteiger partial charge in [0.2, 0.25) is 0 Å². The van der Waals surface area contributed by atoms with E-state index in [-0.39, 0.29) is 31.2 Å². The Morgan fingerprint density at radius 2 is 1.71 bits per heavy atom. The van der Waals surface area contributed by atoms with E-state index in [9.17, 15) is 5.11 Å². The lowest BCUT2D eigenvalue weighted by molar-refractivity contribution is 0.0198. The van der Waals surface area contributed by atoms with Gasteiger partial charge in [0.25, 0.3) is 0 Å². The first kappa shape index (κ1) is 21.4. The number of aliphatic hydroxyl groups excluding tert-OH is 1. The third-order valence-electron chi connectivity index (χ3n) is 4.79. The van der Waals surface area contributed by atoms with Gasteiger partial charge in [-0.15, -0.1) is 12.4 Å². The van der Waals surface area contributed by atoms with E-state index in [2.05, 4.69) is 36.5 Å². The summed E-state index contributed by atoms with van der Waals surface area (Å²) < 4.78 is 5.95. The summed E-state index contributed by atoms with van der Waals surface area (Å²) in [5, 5.41) is 12.5. The smallest absolute Gasteiger partial charge is 0.0767 e. The highest BCUT2D eigenvalue weighted by Crippen LogP contribution is 2.15. The van der Waals surface area contributed by atoms with Crippen LogP contribution in [0.4, 0.5) is 0 Å². The molecule has 1 aliphatic heterocycles. The van der Waals surface area contributed by atoms with Crippen LogP contribution in [-0.2, 0) is 17.8 Å². The fourth-order valence-electron chi connectivity index (χ4n) is 3.24. The maximum absolute atomic E-state index is 9.28. The molecule has 1 aromatic carbocycles. The lowest BCUT2D eigenvalue weighted by atomic mass is 10.0. The number of aryl methyl sites for hydroxylation is 1. The van der Waals surface area contributed by atoms with Crippen LogP contribution in [0.2, 0.25) is 0 Å². The zero-order valence-electron chi connectivity index (χ0n) is 15.0. The minimum absolute atomic E-state index is 0. The Hall–Kier alpha value is -0.610. The maximum atomic E-state index is 9.28. The zero-order chi connectivity index (χ0) is 16.3. The van der Waals surface area contributed by atoms with Gasteiger partial charge in [0.15, 0.2) is 0 Å². The summed E-state index contributed by atoms with van der Waals surface area (Å²) in [7, 11) is 0. The topological polar surface area (TPSA) is 41.5 Å². The van der Waals surface area contributed by atoms with Crippen molar-refractivity contribution >= 4 is 12.4 Å². The monoisotopic (exact) mass is 355 g/mol. The fourth-order valence-corrected chi connectivity index (χ4v) is 3.24. The SMILES string of the molecule is CCCCCCCCc1ccc(CO[C@H]2CCN[C@H]2CO)cc1.Cl. The minimum Gasteiger partial charge on any atom is -0.395 e. The van der Waals surface area contributed by atoms with Gasteiger partial charge in [-0.1, -0.05) is 63.3 Å². The molecule has 0 saturated carbocycles. The average Bonchev–Trinajstić information content (AvgIpc) is 3.05. The van der Waals surface area contributed by atoms with Crippen molar-refractivity contribution in [3.8, 4) is 0 Å². The number of hydrogen-bond donors (Lipinski definition) is 2. The molecule has 0 amide bonds. The van der Waals surface area contributed by atoms with Crippen molar-refractivity contribution in [3.63, 3.8) is 0 Å². The van der Waals surface area contributed by atoms with Crippen LogP contribution in [0, 0.1) is 0 Å². The van der Waals surface area contributed by atoms with Crippen LogP contribution in [0.3, 0.4) is 0 Å². The molecule has 24 heavy (non-hydrogen) atoms. The van der Waals surface area contributed by atoms with Crippen LogP contribution in [0.15, 0.2) is 24.3 Å². The second-order valence-electron chi connectivity index (χ2n) is 6.72. The van der Waals surface area contributed by atoms with E-state index < -0.39 is 0 Å². The highest BCUT2D eigenvalue weighted by Gasteiger charge is 2.26. The summed E-state index contributed by atoms with van der Waals surface area (Å²) >= 11 is 0. The Kier molecular flexibility index (Phi) is 11.4. The van der Waals surface area contributed by atoms with E-state index in [4.69, 9.17) is 4.74 Å². The van der Waals surface area contributed by atoms with Crippen LogP contribution >= 0.6 is 12.4 Å². The van der Waals surface area contributed by atoms with Gasteiger partial charge < -0.3 is 15.2 Å². The van der Waals surface area contributed by atoms with E-state index in [0.717, 1.165) is 13.0 Å². The molecule has 1 saturated heterocycles. The van der Waals surface area contributed by atoms with Crippen molar-refractivity contribution < 1.29 is 9.84 Å². The fraction of sp³-hybridized carbons (Fsp3) is 0.700. The molecule has 2 rings (SSSR count). The first-order valence-corrected chi connectivity index (χ1v) is 9.37. The molecule has 4 heteroatoms. The van der Waals surface area contributed by atoms with Crippen LogP contribution in [-0.4, -0.2) is 30.4 Å². The summed E-state index contributed by atoms with van der Waals surface area (Å²) in [6, 6.07) is 8.94. The molecule has 0 aliphatic carbocycles. The van der Waals surface area contributed by atoms with Gasteiger partial charge in [0.1, 0.15) is 0 Å². The number of halogens is 1. The third-order valence-corrected chi connectivity index (χ3v) is 4.79. The highest BCUT2D eigenvalue weighted by atomic mass is 35.5. The van der Waals surface area contributed by atoms with Gasteiger partial charge in [-0.3, -0.25) is 0 Å². The lowest BCUT2D eigenvalue weighted by Gasteiger charge is -2.18. The normalized spacial score (nSPS) is 20.1. The molecule has 1 aromatic rings. The number of nitrogens with one attached hydrogen (secondary N) is 1. The van der Waals surface area contributed by atoms with Gasteiger partial charge >= 0.3 is 0 Å². The summed E-state index contributed by atoms with van der Waals surface area (Å²) in [6.07, 6.45) is 10.4. The summed E-state index contributed by atoms with van der Waals surface area (Å²) in [4.78, 5) is 0. The molecule has 2 N–H and O–H groups in total. The summed E-state index contributed by atoms with van der Waals surface area (Å²) in [6.45, 7) is 3.99. The van der Waals surface area contributed by atoms with Crippen molar-refractivity contribution in [2.45, 2.75) is 77.0 Å². The molecule has 0 aromatic heterocycles. The van der Waals surface area contributed by atoms with Crippen LogP contribution in [0.5, 0.6) is 0 Å². The summed E-state index contributed by atoms with van der Waals surface area (Å²) in [5.41, 5.74) is 2.65. The third kappa shape index (κ3) is 7.52. The standard InChI is InChI=1S/C20H33NO2.ClH/c1-2-3-4-5-6-7-8-17-9-11-18(12-10-17)16-23-20-13-14-21-19(20)15-22;/h9-12,19-22H,2-8,13-16H2,1H3;1H/t19-,20-;/m0./s1. The number of aliphatic hydroxyl groups is 1. The number of ether oxygens (including phenoxy) is 1. The largest absolute Gasteiger partial charge is 0.395 e. The predicted octanol–water partition coefficient (Wildman–Crippen LogP) is 4.25. The molecule has 3 nitrogen and oxygen atoms in total. The predicted molar refractivity (Wildman–Crippen MR) is 103 cm³/mol. The minimum atomic E-state index is 0. The van der Waals surface area contributed by atoms with Gasteiger partial charge in [0, 0.05) is 0 Å². The van der Waals surface area contributed by atoms with E-state index >= 15 is 0 Å². The van der Waals surface area contributed by atoms with E-state index in [1.54, 1.807) is 0 Å². The van der Waals surface area contributed by atoms with Crippen LogP contribution < -0.4 is 5.32 Å². The molecule has 0 bridgehead atoms. The number of rotatable bonds is 11. The second-order valence-corrected chi connectivity index (χ2v) is 6.72. The maximum Gasteiger partial charge on any atom is 0.0767 e. The summed E-state index contributed by atoms with van der Waals surface area (Å²) in [5.74, 6) is 0. The first-order chi connectivity index (χ1) is 11.3. The van der Waals surface area contributed by atoms with E-state index in [0.29, 0.717) is 6.61 Å². The van der Waals surface area contributed by atoms with E-state index in [1.165, 1.54) is 56.1 Å². The molecular weight excluding hydrogens is 322 g/mol. The zero-order valence-corrected chi connectivity index (χ0v) is 15.8. The molecule has 0 spiro atoms. The quantitative estimate of drug-likeness (QED) is 0.583. The van der Waals surface area contributed by atoms with Crippen LogP contribution in [0.1, 0.15) is 63.0 Å². The van der Waals surface area contributed by atoms with Gasteiger partial charge in [0.05, 0.1) is 25.4 Å². The molecule has 1 heterocycles. The van der Waals surface area contributed by atoms with Gasteiger partial charge in [-0.25, -0.2) is 0 Å². The molecule has 1 fully saturated rings. The first-order valence-electron chi connectivity index (χ1n) is 9.37. The molecule has 1 aliphatic rings. The van der Waals surface area contributed by atoms with Crippen molar-refractivity contribution in [3.05, 3.63) is 35.4 Å². The van der Waals surface area contributed by atoms with Crippen LogP contribution in [0.25, 0.3) is 0 Å². The Morgan fingerprint density at radius 1 is 1.04 bits per heavy atom. The Bertz CT molecular complexity index is 424.